The van der Waals surface area contributed by atoms with E-state index in [2.05, 4.69) is 5.32 Å². The van der Waals surface area contributed by atoms with E-state index in [0.717, 1.165) is 5.56 Å². The Morgan fingerprint density at radius 3 is 2.21 bits per heavy atom. The minimum Gasteiger partial charge on any atom is -0.493 e. The Labute approximate surface area is 170 Å². The molecule has 2 aromatic carbocycles. The topological polar surface area (TPSA) is 90.9 Å². The van der Waals surface area contributed by atoms with Crippen LogP contribution in [0.2, 0.25) is 0 Å². The van der Waals surface area contributed by atoms with Crippen LogP contribution >= 0.6 is 0 Å². The minimum atomic E-state index is -0.944. The number of ketones is 1. The summed E-state index contributed by atoms with van der Waals surface area (Å²) in [7, 11) is 3.10. The number of Topliss-reactive ketones (excluding diaryl/α,β-unsaturated/α-hetero) is 1. The Morgan fingerprint density at radius 2 is 1.62 bits per heavy atom. The zero-order valence-electron chi connectivity index (χ0n) is 17.0. The molecule has 0 spiro atoms. The van der Waals surface area contributed by atoms with Crippen molar-refractivity contribution in [1.29, 1.82) is 0 Å². The van der Waals surface area contributed by atoms with Gasteiger partial charge in [0, 0.05) is 17.7 Å². The van der Waals surface area contributed by atoms with Crippen LogP contribution in [0.5, 0.6) is 11.5 Å². The maximum absolute atomic E-state index is 12.2. The number of benzene rings is 2. The van der Waals surface area contributed by atoms with Crippen molar-refractivity contribution in [1.82, 2.24) is 0 Å². The van der Waals surface area contributed by atoms with Gasteiger partial charge in [0.15, 0.2) is 23.4 Å². The summed E-state index contributed by atoms with van der Waals surface area (Å²) in [6, 6.07) is 11.9. The Hall–Kier alpha value is -3.35. The summed E-state index contributed by atoms with van der Waals surface area (Å²) in [6.07, 6.45) is -0.374. The second kappa shape index (κ2) is 10.3. The van der Waals surface area contributed by atoms with E-state index in [1.54, 1.807) is 50.6 Å². The molecule has 0 aliphatic rings. The molecule has 29 heavy (non-hydrogen) atoms. The van der Waals surface area contributed by atoms with E-state index < -0.39 is 18.0 Å². The molecule has 0 saturated heterocycles. The highest BCUT2D eigenvalue weighted by atomic mass is 16.5. The Balaban J connectivity index is 1.85. The zero-order valence-corrected chi connectivity index (χ0v) is 17.0. The Morgan fingerprint density at radius 1 is 0.966 bits per heavy atom. The van der Waals surface area contributed by atoms with E-state index in [-0.39, 0.29) is 12.2 Å². The second-order valence-corrected chi connectivity index (χ2v) is 6.44. The number of aryl methyl sites for hydroxylation is 1. The van der Waals surface area contributed by atoms with Crippen molar-refractivity contribution in [2.24, 2.45) is 0 Å². The molecule has 0 fully saturated rings. The predicted molar refractivity (Wildman–Crippen MR) is 108 cm³/mol. The van der Waals surface area contributed by atoms with E-state index in [4.69, 9.17) is 14.2 Å². The fraction of sp³-hybridized carbons (Fsp3) is 0.318. The predicted octanol–water partition coefficient (Wildman–Crippen LogP) is 3.41. The van der Waals surface area contributed by atoms with Gasteiger partial charge in [0.25, 0.3) is 5.91 Å². The van der Waals surface area contributed by atoms with Crippen molar-refractivity contribution < 1.29 is 28.6 Å². The number of nitrogens with one attached hydrogen (secondary N) is 1. The van der Waals surface area contributed by atoms with Crippen molar-refractivity contribution in [3.63, 3.8) is 0 Å². The van der Waals surface area contributed by atoms with Crippen LogP contribution in [0.3, 0.4) is 0 Å². The van der Waals surface area contributed by atoms with Gasteiger partial charge in [-0.1, -0.05) is 6.07 Å². The molecule has 0 heterocycles. The number of carbonyl (C=O) groups excluding carboxylic acids is 3. The molecule has 2 aromatic rings. The first-order valence-corrected chi connectivity index (χ1v) is 9.16. The van der Waals surface area contributed by atoms with Crippen LogP contribution < -0.4 is 14.8 Å². The average Bonchev–Trinajstić information content (AvgIpc) is 2.72. The second-order valence-electron chi connectivity index (χ2n) is 6.44. The van der Waals surface area contributed by atoms with Gasteiger partial charge in [0.1, 0.15) is 0 Å². The number of hydrogen-bond acceptors (Lipinski definition) is 6. The fourth-order valence-corrected chi connectivity index (χ4v) is 2.62. The third kappa shape index (κ3) is 6.34. The van der Waals surface area contributed by atoms with Gasteiger partial charge in [-0.3, -0.25) is 14.4 Å². The van der Waals surface area contributed by atoms with Gasteiger partial charge >= 0.3 is 5.97 Å². The molecule has 154 valence electrons. The third-order valence-electron chi connectivity index (χ3n) is 4.30. The van der Waals surface area contributed by atoms with Gasteiger partial charge in [-0.2, -0.15) is 0 Å². The SMILES string of the molecule is COc1ccc(CCC(=O)O[C@H](C)C(=O)Nc2ccc(C(C)=O)cc2)cc1OC. The molecule has 1 atom stereocenters. The number of ether oxygens (including phenoxy) is 3. The van der Waals surface area contributed by atoms with Gasteiger partial charge in [-0.25, -0.2) is 0 Å². The van der Waals surface area contributed by atoms with Gasteiger partial charge in [-0.15, -0.1) is 0 Å². The van der Waals surface area contributed by atoms with Crippen molar-refractivity contribution >= 4 is 23.3 Å². The van der Waals surface area contributed by atoms with Crippen LogP contribution in [0.15, 0.2) is 42.5 Å². The van der Waals surface area contributed by atoms with E-state index >= 15 is 0 Å². The minimum absolute atomic E-state index is 0.0559. The van der Waals surface area contributed by atoms with Crippen molar-refractivity contribution in [2.45, 2.75) is 32.8 Å². The number of carbonyl (C=O) groups is 3. The summed E-state index contributed by atoms with van der Waals surface area (Å²) in [5.74, 6) is 0.219. The molecule has 7 nitrogen and oxygen atoms in total. The fourth-order valence-electron chi connectivity index (χ4n) is 2.62. The lowest BCUT2D eigenvalue weighted by Gasteiger charge is -2.14. The van der Waals surface area contributed by atoms with Crippen molar-refractivity contribution in [3.8, 4) is 11.5 Å². The molecular weight excluding hydrogens is 374 g/mol. The molecule has 7 heteroatoms. The zero-order chi connectivity index (χ0) is 21.4. The highest BCUT2D eigenvalue weighted by molar-refractivity contribution is 5.97. The van der Waals surface area contributed by atoms with Gasteiger partial charge in [0.05, 0.1) is 14.2 Å². The van der Waals surface area contributed by atoms with E-state index in [0.29, 0.717) is 29.2 Å². The molecule has 0 saturated carbocycles. The van der Waals surface area contributed by atoms with Gasteiger partial charge in [0.2, 0.25) is 0 Å². The molecule has 2 rings (SSSR count). The Kier molecular flexibility index (Phi) is 7.77. The van der Waals surface area contributed by atoms with E-state index in [1.165, 1.54) is 13.8 Å². The average molecular weight is 399 g/mol. The number of amides is 1. The Bertz CT molecular complexity index is 875. The van der Waals surface area contributed by atoms with Crippen molar-refractivity contribution in [3.05, 3.63) is 53.6 Å². The van der Waals surface area contributed by atoms with Crippen molar-refractivity contribution in [2.75, 3.05) is 19.5 Å². The summed E-state index contributed by atoms with van der Waals surface area (Å²) in [5.41, 5.74) is 1.97. The van der Waals surface area contributed by atoms with Gasteiger partial charge < -0.3 is 19.5 Å². The number of esters is 1. The summed E-state index contributed by atoms with van der Waals surface area (Å²) >= 11 is 0. The van der Waals surface area contributed by atoms with Crippen LogP contribution in [-0.2, 0) is 20.7 Å². The third-order valence-corrected chi connectivity index (χ3v) is 4.30. The molecule has 1 amide bonds. The number of methoxy groups -OCH3 is 2. The first-order valence-electron chi connectivity index (χ1n) is 9.16. The molecule has 0 aromatic heterocycles. The lowest BCUT2D eigenvalue weighted by atomic mass is 10.1. The van der Waals surface area contributed by atoms with Crippen LogP contribution in [0, 0.1) is 0 Å². The molecule has 1 N–H and O–H groups in total. The van der Waals surface area contributed by atoms with Crippen LogP contribution in [0.25, 0.3) is 0 Å². The molecular formula is C22H25NO6. The van der Waals surface area contributed by atoms with Crippen LogP contribution in [-0.4, -0.2) is 38.0 Å². The summed E-state index contributed by atoms with van der Waals surface area (Å²) in [5, 5.41) is 2.66. The molecule has 0 radical (unpaired) electrons. The highest BCUT2D eigenvalue weighted by Gasteiger charge is 2.18. The smallest absolute Gasteiger partial charge is 0.306 e. The maximum atomic E-state index is 12.2. The molecule has 0 aliphatic carbocycles. The number of anilines is 1. The quantitative estimate of drug-likeness (QED) is 0.513. The maximum Gasteiger partial charge on any atom is 0.306 e. The number of hydrogen-bond donors (Lipinski definition) is 1. The van der Waals surface area contributed by atoms with Crippen LogP contribution in [0.4, 0.5) is 5.69 Å². The summed E-state index contributed by atoms with van der Waals surface area (Å²) in [4.78, 5) is 35.6. The normalized spacial score (nSPS) is 11.3. The summed E-state index contributed by atoms with van der Waals surface area (Å²) in [6.45, 7) is 2.98. The largest absolute Gasteiger partial charge is 0.493 e. The highest BCUT2D eigenvalue weighted by Crippen LogP contribution is 2.28. The first-order chi connectivity index (χ1) is 13.8. The van der Waals surface area contributed by atoms with Gasteiger partial charge in [-0.05, 0) is 62.2 Å². The lowest BCUT2D eigenvalue weighted by Crippen LogP contribution is -2.30. The summed E-state index contributed by atoms with van der Waals surface area (Å²) < 4.78 is 15.6. The molecule has 0 unspecified atom stereocenters. The first kappa shape index (κ1) is 21.9. The standard InChI is InChI=1S/C22H25NO6/c1-14(24)17-7-9-18(10-8-17)23-22(26)15(2)29-21(25)12-6-16-5-11-19(27-3)20(13-16)28-4/h5,7-11,13,15H,6,12H2,1-4H3,(H,23,26)/t15-/m1/s1. The number of rotatable bonds is 9. The molecule has 0 bridgehead atoms. The van der Waals surface area contributed by atoms with E-state index in [9.17, 15) is 14.4 Å². The monoisotopic (exact) mass is 399 g/mol. The lowest BCUT2D eigenvalue weighted by molar-refractivity contribution is -0.153. The van der Waals surface area contributed by atoms with Crippen LogP contribution in [0.1, 0.15) is 36.2 Å². The molecule has 0 aliphatic heterocycles. The van der Waals surface area contributed by atoms with E-state index in [1.807, 2.05) is 6.07 Å².